The first-order chi connectivity index (χ1) is 18.0. The van der Waals surface area contributed by atoms with E-state index in [4.69, 9.17) is 19.6 Å². The Morgan fingerprint density at radius 1 is 0.784 bits per heavy atom. The number of rotatable bonds is 4. The molecule has 2 saturated carbocycles. The van der Waals surface area contributed by atoms with E-state index >= 15 is 0 Å². The van der Waals surface area contributed by atoms with Crippen LogP contribution in [0.25, 0.3) is 0 Å². The number of phenols is 1. The van der Waals surface area contributed by atoms with E-state index in [-0.39, 0.29) is 0 Å². The topological polar surface area (TPSA) is 66.9 Å². The Hall–Kier alpha value is -1.26. The number of piperazine rings is 1. The van der Waals surface area contributed by atoms with Crippen LogP contribution in [0.3, 0.4) is 0 Å². The van der Waals surface area contributed by atoms with Crippen LogP contribution in [0.15, 0.2) is 18.2 Å². The van der Waals surface area contributed by atoms with Gasteiger partial charge in [0.2, 0.25) is 11.6 Å². The summed E-state index contributed by atoms with van der Waals surface area (Å²) in [7, 11) is 2.22. The summed E-state index contributed by atoms with van der Waals surface area (Å²) in [6.45, 7) is 7.78. The van der Waals surface area contributed by atoms with Crippen molar-refractivity contribution >= 4 is 0 Å². The molecule has 0 atom stereocenters. The molecule has 2 aliphatic carbocycles. The number of likely N-dealkylation sites (N-methyl/N-ethyl adjacent to an activating group) is 1. The fourth-order valence-corrected chi connectivity index (χ4v) is 7.00. The van der Waals surface area contributed by atoms with Gasteiger partial charge in [0.15, 0.2) is 0 Å². The molecule has 2 spiro atoms. The Bertz CT molecular complexity index is 887. The Morgan fingerprint density at radius 2 is 1.41 bits per heavy atom. The second kappa shape index (κ2) is 11.1. The molecule has 0 unspecified atom stereocenters. The van der Waals surface area contributed by atoms with E-state index in [0.29, 0.717) is 17.7 Å². The SMILES string of the molecule is CN1CCN(C2CCN(Cc3cc(C4CCC5(CC4)OOC4(CCCCC4)OO5)ccc3O)CC2)CC1. The highest BCUT2D eigenvalue weighted by atomic mass is 17.4. The zero-order valence-electron chi connectivity index (χ0n) is 22.5. The number of likely N-dealkylation sites (tertiary alicyclic amines) is 1. The average molecular weight is 516 g/mol. The lowest BCUT2D eigenvalue weighted by Crippen LogP contribution is -2.52. The molecule has 1 N–H and O–H groups in total. The maximum atomic E-state index is 10.7. The lowest BCUT2D eigenvalue weighted by atomic mass is 9.80. The van der Waals surface area contributed by atoms with Crippen molar-refractivity contribution in [1.29, 1.82) is 0 Å². The third-order valence-electron chi connectivity index (χ3n) is 9.63. The summed E-state index contributed by atoms with van der Waals surface area (Å²) in [6, 6.07) is 6.92. The molecule has 206 valence electrons. The van der Waals surface area contributed by atoms with Gasteiger partial charge in [-0.15, -0.1) is 0 Å². The zero-order chi connectivity index (χ0) is 25.3. The van der Waals surface area contributed by atoms with Gasteiger partial charge in [-0.25, -0.2) is 0 Å². The van der Waals surface area contributed by atoms with Gasteiger partial charge < -0.3 is 10.0 Å². The van der Waals surface area contributed by atoms with E-state index in [0.717, 1.165) is 76.6 Å². The summed E-state index contributed by atoms with van der Waals surface area (Å²) in [5, 5.41) is 10.7. The molecule has 0 radical (unpaired) electrons. The third-order valence-corrected chi connectivity index (χ3v) is 9.63. The maximum Gasteiger partial charge on any atom is 0.234 e. The number of phenolic OH excluding ortho intramolecular Hbond substituents is 1. The first-order valence-electron chi connectivity index (χ1n) is 14.7. The predicted molar refractivity (Wildman–Crippen MR) is 140 cm³/mol. The van der Waals surface area contributed by atoms with E-state index in [2.05, 4.69) is 33.9 Å². The van der Waals surface area contributed by atoms with Gasteiger partial charge in [-0.3, -0.25) is 9.80 Å². The number of benzene rings is 1. The zero-order valence-corrected chi connectivity index (χ0v) is 22.5. The highest BCUT2D eigenvalue weighted by Crippen LogP contribution is 2.47. The van der Waals surface area contributed by atoms with E-state index < -0.39 is 11.6 Å². The van der Waals surface area contributed by atoms with E-state index in [1.165, 1.54) is 51.0 Å². The van der Waals surface area contributed by atoms with Gasteiger partial charge in [0.1, 0.15) is 5.75 Å². The molecule has 3 saturated heterocycles. The van der Waals surface area contributed by atoms with Crippen LogP contribution in [0.4, 0.5) is 0 Å². The van der Waals surface area contributed by atoms with Crippen LogP contribution in [-0.2, 0) is 26.1 Å². The first-order valence-corrected chi connectivity index (χ1v) is 14.7. The van der Waals surface area contributed by atoms with Gasteiger partial charge in [0.25, 0.3) is 0 Å². The van der Waals surface area contributed by atoms with Crippen molar-refractivity contribution in [3.63, 3.8) is 0 Å². The standard InChI is InChI=1S/C29H45N3O5/c1-30-17-19-32(20-18-30)26-9-15-31(16-10-26)22-25-21-24(5-6-27(25)33)23-7-13-29(14-8-23)36-34-28(35-37-29)11-3-2-4-12-28/h5-6,21,23,26,33H,2-4,7-20,22H2,1H3. The fourth-order valence-electron chi connectivity index (χ4n) is 7.00. The third kappa shape index (κ3) is 5.86. The molecule has 8 nitrogen and oxygen atoms in total. The van der Waals surface area contributed by atoms with Crippen molar-refractivity contribution in [3.05, 3.63) is 29.3 Å². The number of nitrogens with zero attached hydrogens (tertiary/aromatic N) is 3. The van der Waals surface area contributed by atoms with Crippen LogP contribution in [0.2, 0.25) is 0 Å². The maximum absolute atomic E-state index is 10.7. The second-order valence-corrected chi connectivity index (χ2v) is 12.2. The monoisotopic (exact) mass is 515 g/mol. The fraction of sp³-hybridized carbons (Fsp3) is 0.793. The van der Waals surface area contributed by atoms with Gasteiger partial charge in [-0.1, -0.05) is 18.6 Å². The molecule has 3 aliphatic heterocycles. The van der Waals surface area contributed by atoms with Crippen molar-refractivity contribution < 1.29 is 24.7 Å². The molecule has 37 heavy (non-hydrogen) atoms. The van der Waals surface area contributed by atoms with Gasteiger partial charge in [-0.05, 0) is 76.2 Å². The summed E-state index contributed by atoms with van der Waals surface area (Å²) in [4.78, 5) is 31.0. The minimum absolute atomic E-state index is 0.413. The van der Waals surface area contributed by atoms with E-state index in [1.54, 1.807) is 0 Å². The van der Waals surface area contributed by atoms with Gasteiger partial charge >= 0.3 is 0 Å². The minimum Gasteiger partial charge on any atom is -0.508 e. The van der Waals surface area contributed by atoms with Crippen LogP contribution in [-0.4, -0.2) is 83.7 Å². The Balaban J connectivity index is 1.00. The van der Waals surface area contributed by atoms with Crippen LogP contribution < -0.4 is 0 Å². The molecule has 5 fully saturated rings. The first kappa shape index (κ1) is 26.0. The molecule has 8 heteroatoms. The smallest absolute Gasteiger partial charge is 0.234 e. The quantitative estimate of drug-likeness (QED) is 0.587. The molecule has 0 bridgehead atoms. The summed E-state index contributed by atoms with van der Waals surface area (Å²) < 4.78 is 0. The largest absolute Gasteiger partial charge is 0.508 e. The van der Waals surface area contributed by atoms with Crippen molar-refractivity contribution in [2.45, 2.75) is 101 Å². The molecule has 1 aromatic rings. The van der Waals surface area contributed by atoms with Crippen molar-refractivity contribution in [1.82, 2.24) is 14.7 Å². The number of hydrogen-bond acceptors (Lipinski definition) is 8. The molecule has 3 heterocycles. The molecule has 0 amide bonds. The van der Waals surface area contributed by atoms with E-state index in [9.17, 15) is 5.11 Å². The predicted octanol–water partition coefficient (Wildman–Crippen LogP) is 4.53. The van der Waals surface area contributed by atoms with Gasteiger partial charge in [-0.2, -0.15) is 19.6 Å². The Kier molecular flexibility index (Phi) is 7.78. The summed E-state index contributed by atoms with van der Waals surface area (Å²) in [5.41, 5.74) is 2.35. The highest BCUT2D eigenvalue weighted by Gasteiger charge is 2.50. The van der Waals surface area contributed by atoms with E-state index in [1.807, 2.05) is 6.07 Å². The second-order valence-electron chi connectivity index (χ2n) is 12.2. The molecule has 1 aromatic carbocycles. The number of piperidine rings is 1. The van der Waals surface area contributed by atoms with Crippen LogP contribution in [0.1, 0.15) is 87.7 Å². The molecular weight excluding hydrogens is 470 g/mol. The molecule has 0 aromatic heterocycles. The summed E-state index contributed by atoms with van der Waals surface area (Å²) in [5.74, 6) is -0.653. The van der Waals surface area contributed by atoms with Crippen LogP contribution in [0, 0.1) is 0 Å². The minimum atomic E-state index is -0.785. The average Bonchev–Trinajstić information content (AvgIpc) is 2.94. The molecule has 6 rings (SSSR count). The lowest BCUT2D eigenvalue weighted by Gasteiger charge is -2.46. The van der Waals surface area contributed by atoms with Crippen molar-refractivity contribution in [2.24, 2.45) is 0 Å². The summed E-state index contributed by atoms with van der Waals surface area (Å²) >= 11 is 0. The lowest BCUT2D eigenvalue weighted by molar-refractivity contribution is -0.662. The van der Waals surface area contributed by atoms with Crippen LogP contribution >= 0.6 is 0 Å². The number of aromatic hydroxyl groups is 1. The van der Waals surface area contributed by atoms with Crippen molar-refractivity contribution in [2.75, 3.05) is 46.3 Å². The van der Waals surface area contributed by atoms with Gasteiger partial charge in [0, 0.05) is 70.0 Å². The highest BCUT2D eigenvalue weighted by molar-refractivity contribution is 5.38. The normalized spacial score (nSPS) is 28.7. The van der Waals surface area contributed by atoms with Gasteiger partial charge in [0.05, 0.1) is 0 Å². The Labute approximate surface area is 221 Å². The number of hydrogen-bond donors (Lipinski definition) is 1. The summed E-state index contributed by atoms with van der Waals surface area (Å²) in [6.07, 6.45) is 10.9. The molecular formula is C29H45N3O5. The van der Waals surface area contributed by atoms with Crippen molar-refractivity contribution in [3.8, 4) is 5.75 Å². The van der Waals surface area contributed by atoms with Crippen LogP contribution in [0.5, 0.6) is 5.75 Å². The molecule has 5 aliphatic rings. The Morgan fingerprint density at radius 3 is 2.05 bits per heavy atom.